The van der Waals surface area contributed by atoms with Gasteiger partial charge in [-0.3, -0.25) is 9.59 Å². The summed E-state index contributed by atoms with van der Waals surface area (Å²) in [7, 11) is 0. The molecule has 1 aliphatic heterocycles. The molecule has 16 heavy (non-hydrogen) atoms. The predicted octanol–water partition coefficient (Wildman–Crippen LogP) is 0.524. The second-order valence-electron chi connectivity index (χ2n) is 4.12. The molecule has 0 bridgehead atoms. The molecule has 0 aromatic carbocycles. The van der Waals surface area contributed by atoms with E-state index in [1.165, 1.54) is 4.90 Å². The largest absolute Gasteiger partial charge is 0.343 e. The Morgan fingerprint density at radius 2 is 2.12 bits per heavy atom. The van der Waals surface area contributed by atoms with Crippen molar-refractivity contribution in [3.8, 4) is 12.3 Å². The van der Waals surface area contributed by atoms with E-state index < -0.39 is 12.1 Å². The molecule has 3 atom stereocenters. The number of hydrogen-bond acceptors (Lipinski definition) is 2. The second kappa shape index (κ2) is 5.02. The summed E-state index contributed by atoms with van der Waals surface area (Å²) in [5.41, 5.74) is 0. The molecule has 0 radical (unpaired) electrons. The van der Waals surface area contributed by atoms with Crippen LogP contribution in [-0.4, -0.2) is 34.8 Å². The van der Waals surface area contributed by atoms with Gasteiger partial charge in [0.1, 0.15) is 12.1 Å². The molecule has 1 fully saturated rings. The number of carbonyl (C=O) groups is 2. The van der Waals surface area contributed by atoms with Gasteiger partial charge in [-0.25, -0.2) is 0 Å². The van der Waals surface area contributed by atoms with Gasteiger partial charge in [0.2, 0.25) is 11.8 Å². The molecule has 1 saturated heterocycles. The smallest absolute Gasteiger partial charge is 0.246 e. The first kappa shape index (κ1) is 12.6. The molecule has 0 saturated carbocycles. The molecule has 2 amide bonds. The molecule has 0 aromatic rings. The van der Waals surface area contributed by atoms with E-state index in [9.17, 15) is 9.59 Å². The van der Waals surface area contributed by atoms with E-state index in [0.29, 0.717) is 0 Å². The Morgan fingerprint density at radius 1 is 1.50 bits per heavy atom. The number of carbonyl (C=O) groups excluding carboxylic acids is 2. The van der Waals surface area contributed by atoms with E-state index in [-0.39, 0.29) is 17.9 Å². The van der Waals surface area contributed by atoms with E-state index in [0.717, 1.165) is 12.8 Å². The van der Waals surface area contributed by atoms with Gasteiger partial charge in [0.25, 0.3) is 0 Å². The molecular formula is C12H18N2O2. The monoisotopic (exact) mass is 222 g/mol. The Kier molecular flexibility index (Phi) is 3.94. The molecule has 0 spiro atoms. The van der Waals surface area contributed by atoms with Gasteiger partial charge in [-0.15, -0.1) is 6.42 Å². The SMILES string of the molecule is C#CC(CCC)N1C(=O)C(C)NC(=O)C1C. The molecule has 1 rings (SSSR count). The quantitative estimate of drug-likeness (QED) is 0.708. The molecule has 1 aliphatic rings. The standard InChI is InChI=1S/C12H18N2O2/c1-5-7-10(6-2)14-9(4)11(15)13-8(3)12(14)16/h2,8-10H,5,7H2,1,3-4H3,(H,13,15). The van der Waals surface area contributed by atoms with Crippen LogP contribution < -0.4 is 5.32 Å². The zero-order valence-corrected chi connectivity index (χ0v) is 9.99. The Labute approximate surface area is 96.4 Å². The lowest BCUT2D eigenvalue weighted by Crippen LogP contribution is -2.63. The summed E-state index contributed by atoms with van der Waals surface area (Å²) in [6, 6.07) is -1.23. The fraction of sp³-hybridized carbons (Fsp3) is 0.667. The van der Waals surface area contributed by atoms with Crippen molar-refractivity contribution in [2.45, 2.75) is 51.7 Å². The third-order valence-electron chi connectivity index (χ3n) is 2.87. The van der Waals surface area contributed by atoms with Gasteiger partial charge in [-0.1, -0.05) is 19.3 Å². The maximum atomic E-state index is 12.0. The maximum absolute atomic E-state index is 12.0. The van der Waals surface area contributed by atoms with Crippen molar-refractivity contribution in [3.05, 3.63) is 0 Å². The van der Waals surface area contributed by atoms with Crippen LogP contribution in [0.5, 0.6) is 0 Å². The van der Waals surface area contributed by atoms with Gasteiger partial charge in [-0.2, -0.15) is 0 Å². The first-order valence-corrected chi connectivity index (χ1v) is 5.61. The van der Waals surface area contributed by atoms with Crippen LogP contribution in [0.2, 0.25) is 0 Å². The average Bonchev–Trinajstić information content (AvgIpc) is 2.25. The first-order chi connectivity index (χ1) is 7.52. The minimum Gasteiger partial charge on any atom is -0.343 e. The molecule has 3 unspecified atom stereocenters. The fourth-order valence-electron chi connectivity index (χ4n) is 1.94. The summed E-state index contributed by atoms with van der Waals surface area (Å²) in [5.74, 6) is 2.37. The van der Waals surface area contributed by atoms with Crippen LogP contribution in [0.3, 0.4) is 0 Å². The highest BCUT2D eigenvalue weighted by atomic mass is 16.2. The summed E-state index contributed by atoms with van der Waals surface area (Å²) >= 11 is 0. The van der Waals surface area contributed by atoms with Crippen molar-refractivity contribution in [3.63, 3.8) is 0 Å². The summed E-state index contributed by atoms with van der Waals surface area (Å²) in [6.07, 6.45) is 7.05. The van der Waals surface area contributed by atoms with Crippen LogP contribution in [0, 0.1) is 12.3 Å². The van der Waals surface area contributed by atoms with Crippen LogP contribution in [0.25, 0.3) is 0 Å². The van der Waals surface area contributed by atoms with Crippen molar-refractivity contribution in [1.82, 2.24) is 10.2 Å². The lowest BCUT2D eigenvalue weighted by molar-refractivity contribution is -0.149. The molecule has 4 heteroatoms. The van der Waals surface area contributed by atoms with E-state index in [2.05, 4.69) is 11.2 Å². The normalized spacial score (nSPS) is 27.2. The van der Waals surface area contributed by atoms with Crippen LogP contribution in [0.1, 0.15) is 33.6 Å². The highest BCUT2D eigenvalue weighted by Crippen LogP contribution is 2.16. The van der Waals surface area contributed by atoms with Gasteiger partial charge in [0.05, 0.1) is 6.04 Å². The van der Waals surface area contributed by atoms with Gasteiger partial charge in [-0.05, 0) is 20.3 Å². The molecule has 88 valence electrons. The Hall–Kier alpha value is -1.50. The summed E-state index contributed by atoms with van der Waals surface area (Å²) in [6.45, 7) is 5.39. The average molecular weight is 222 g/mol. The number of rotatable bonds is 3. The van der Waals surface area contributed by atoms with Crippen molar-refractivity contribution >= 4 is 11.8 Å². The topological polar surface area (TPSA) is 49.4 Å². The molecule has 1 N–H and O–H groups in total. The van der Waals surface area contributed by atoms with Gasteiger partial charge in [0, 0.05) is 0 Å². The van der Waals surface area contributed by atoms with Crippen LogP contribution in [0.4, 0.5) is 0 Å². The molecule has 4 nitrogen and oxygen atoms in total. The number of hydrogen-bond donors (Lipinski definition) is 1. The number of nitrogens with one attached hydrogen (secondary N) is 1. The highest BCUT2D eigenvalue weighted by molar-refractivity contribution is 5.96. The Balaban J connectivity index is 2.93. The zero-order valence-electron chi connectivity index (χ0n) is 9.99. The van der Waals surface area contributed by atoms with E-state index in [4.69, 9.17) is 6.42 Å². The second-order valence-corrected chi connectivity index (χ2v) is 4.12. The maximum Gasteiger partial charge on any atom is 0.246 e. The number of terminal acetylenes is 1. The highest BCUT2D eigenvalue weighted by Gasteiger charge is 2.38. The van der Waals surface area contributed by atoms with Crippen LogP contribution in [0.15, 0.2) is 0 Å². The Morgan fingerprint density at radius 3 is 2.62 bits per heavy atom. The van der Waals surface area contributed by atoms with Crippen molar-refractivity contribution in [1.29, 1.82) is 0 Å². The summed E-state index contributed by atoms with van der Waals surface area (Å²) in [4.78, 5) is 25.1. The predicted molar refractivity (Wildman–Crippen MR) is 61.4 cm³/mol. The third-order valence-corrected chi connectivity index (χ3v) is 2.87. The molecule has 0 aliphatic carbocycles. The first-order valence-electron chi connectivity index (χ1n) is 5.61. The lowest BCUT2D eigenvalue weighted by atomic mass is 10.0. The number of amides is 2. The van der Waals surface area contributed by atoms with E-state index in [1.54, 1.807) is 13.8 Å². The van der Waals surface area contributed by atoms with Crippen LogP contribution in [-0.2, 0) is 9.59 Å². The summed E-state index contributed by atoms with van der Waals surface area (Å²) in [5, 5.41) is 2.63. The summed E-state index contributed by atoms with van der Waals surface area (Å²) < 4.78 is 0. The molecule has 0 aromatic heterocycles. The molecular weight excluding hydrogens is 204 g/mol. The van der Waals surface area contributed by atoms with Gasteiger partial charge < -0.3 is 10.2 Å². The van der Waals surface area contributed by atoms with Crippen LogP contribution >= 0.6 is 0 Å². The molecule has 1 heterocycles. The van der Waals surface area contributed by atoms with Gasteiger partial charge >= 0.3 is 0 Å². The van der Waals surface area contributed by atoms with Gasteiger partial charge in [0.15, 0.2) is 0 Å². The Bertz CT molecular complexity index is 332. The van der Waals surface area contributed by atoms with Crippen molar-refractivity contribution in [2.24, 2.45) is 0 Å². The fourth-order valence-corrected chi connectivity index (χ4v) is 1.94. The third kappa shape index (κ3) is 2.19. The minimum atomic E-state index is -0.476. The lowest BCUT2D eigenvalue weighted by Gasteiger charge is -2.39. The van der Waals surface area contributed by atoms with Crippen molar-refractivity contribution < 1.29 is 9.59 Å². The zero-order chi connectivity index (χ0) is 12.3. The minimum absolute atomic E-state index is 0.0940. The number of nitrogens with zero attached hydrogens (tertiary/aromatic N) is 1. The van der Waals surface area contributed by atoms with Crippen molar-refractivity contribution in [2.75, 3.05) is 0 Å². The van der Waals surface area contributed by atoms with E-state index >= 15 is 0 Å². The van der Waals surface area contributed by atoms with E-state index in [1.807, 2.05) is 6.92 Å². The number of piperazine rings is 1.